The lowest BCUT2D eigenvalue weighted by molar-refractivity contribution is 0.181. The summed E-state index contributed by atoms with van der Waals surface area (Å²) < 4.78 is 5.49. The second-order valence-electron chi connectivity index (χ2n) is 7.14. The van der Waals surface area contributed by atoms with E-state index in [1.165, 1.54) is 32.1 Å². The van der Waals surface area contributed by atoms with Crippen molar-refractivity contribution in [3.8, 4) is 0 Å². The molecule has 120 valence electrons. The summed E-state index contributed by atoms with van der Waals surface area (Å²) in [7, 11) is 2.17. The molecular formula is C17H31N3O. The number of guanidine groups is 1. The summed E-state index contributed by atoms with van der Waals surface area (Å²) in [6, 6.07) is 0. The van der Waals surface area contributed by atoms with E-state index in [1.54, 1.807) is 0 Å². The molecule has 0 bridgehead atoms. The van der Waals surface area contributed by atoms with Gasteiger partial charge in [-0.15, -0.1) is 0 Å². The van der Waals surface area contributed by atoms with Gasteiger partial charge in [-0.05, 0) is 56.8 Å². The second kappa shape index (κ2) is 6.99. The Morgan fingerprint density at radius 2 is 1.95 bits per heavy atom. The van der Waals surface area contributed by atoms with Gasteiger partial charge in [-0.3, -0.25) is 4.99 Å². The maximum atomic E-state index is 5.49. The van der Waals surface area contributed by atoms with E-state index in [0.717, 1.165) is 56.6 Å². The van der Waals surface area contributed by atoms with Gasteiger partial charge in [0.15, 0.2) is 5.96 Å². The molecule has 21 heavy (non-hydrogen) atoms. The van der Waals surface area contributed by atoms with Crippen LogP contribution in [0, 0.1) is 23.7 Å². The highest BCUT2D eigenvalue weighted by Gasteiger charge is 2.41. The van der Waals surface area contributed by atoms with Crippen molar-refractivity contribution in [2.24, 2.45) is 28.7 Å². The Bertz CT molecular complexity index is 345. The lowest BCUT2D eigenvalue weighted by atomic mass is 9.98. The van der Waals surface area contributed by atoms with Gasteiger partial charge in [-0.2, -0.15) is 0 Å². The van der Waals surface area contributed by atoms with Crippen molar-refractivity contribution >= 4 is 5.96 Å². The van der Waals surface area contributed by atoms with Crippen LogP contribution in [0.5, 0.6) is 0 Å². The molecule has 4 heteroatoms. The van der Waals surface area contributed by atoms with Crippen molar-refractivity contribution in [2.45, 2.75) is 39.0 Å². The first-order chi connectivity index (χ1) is 10.3. The number of ether oxygens (including phenoxy) is 1. The van der Waals surface area contributed by atoms with Crippen LogP contribution < -0.4 is 5.32 Å². The molecule has 1 N–H and O–H groups in total. The molecule has 1 unspecified atom stereocenters. The first-order valence-electron chi connectivity index (χ1n) is 8.85. The predicted octanol–water partition coefficient (Wildman–Crippen LogP) is 2.36. The highest BCUT2D eigenvalue weighted by atomic mass is 16.5. The molecule has 2 saturated carbocycles. The molecule has 0 aromatic carbocycles. The van der Waals surface area contributed by atoms with Gasteiger partial charge in [-0.25, -0.2) is 0 Å². The molecule has 1 heterocycles. The molecular weight excluding hydrogens is 262 g/mol. The van der Waals surface area contributed by atoms with Gasteiger partial charge >= 0.3 is 0 Å². The summed E-state index contributed by atoms with van der Waals surface area (Å²) in [6.45, 7) is 7.03. The first-order valence-corrected chi connectivity index (χ1v) is 8.85. The number of hydrogen-bond donors (Lipinski definition) is 1. The van der Waals surface area contributed by atoms with Gasteiger partial charge in [0, 0.05) is 39.2 Å². The standard InChI is InChI=1S/C17H31N3O/c1-3-18-17(20(2)11-13-8-9-21-12-13)19-10-16(14-4-5-14)15-6-7-15/h13-16H,3-12H2,1-2H3,(H,18,19). The molecule has 3 rings (SSSR count). The predicted molar refractivity (Wildman–Crippen MR) is 86.5 cm³/mol. The number of nitrogens with zero attached hydrogens (tertiary/aromatic N) is 2. The molecule has 1 saturated heterocycles. The molecule has 1 aliphatic heterocycles. The van der Waals surface area contributed by atoms with E-state index >= 15 is 0 Å². The van der Waals surface area contributed by atoms with Gasteiger partial charge in [0.25, 0.3) is 0 Å². The Hall–Kier alpha value is -0.770. The average molecular weight is 293 g/mol. The van der Waals surface area contributed by atoms with Crippen LogP contribution in [0.15, 0.2) is 4.99 Å². The Morgan fingerprint density at radius 1 is 1.24 bits per heavy atom. The molecule has 1 atom stereocenters. The second-order valence-corrected chi connectivity index (χ2v) is 7.14. The fraction of sp³-hybridized carbons (Fsp3) is 0.941. The lowest BCUT2D eigenvalue weighted by Gasteiger charge is -2.25. The Kier molecular flexibility index (Phi) is 5.04. The quantitative estimate of drug-likeness (QED) is 0.578. The van der Waals surface area contributed by atoms with Crippen LogP contribution >= 0.6 is 0 Å². The highest BCUT2D eigenvalue weighted by molar-refractivity contribution is 5.79. The lowest BCUT2D eigenvalue weighted by Crippen LogP contribution is -2.41. The van der Waals surface area contributed by atoms with E-state index in [2.05, 4.69) is 24.2 Å². The zero-order valence-corrected chi connectivity index (χ0v) is 13.7. The van der Waals surface area contributed by atoms with Crippen LogP contribution in [-0.4, -0.2) is 50.8 Å². The van der Waals surface area contributed by atoms with E-state index in [4.69, 9.17) is 9.73 Å². The van der Waals surface area contributed by atoms with Gasteiger partial charge < -0.3 is 15.0 Å². The first kappa shape index (κ1) is 15.1. The highest BCUT2D eigenvalue weighted by Crippen LogP contribution is 2.49. The van der Waals surface area contributed by atoms with Crippen LogP contribution in [0.1, 0.15) is 39.0 Å². The number of rotatable bonds is 7. The smallest absolute Gasteiger partial charge is 0.193 e. The normalized spacial score (nSPS) is 26.4. The molecule has 0 aromatic rings. The maximum Gasteiger partial charge on any atom is 0.193 e. The van der Waals surface area contributed by atoms with Gasteiger partial charge in [0.2, 0.25) is 0 Å². The fourth-order valence-electron chi connectivity index (χ4n) is 3.59. The van der Waals surface area contributed by atoms with Crippen molar-refractivity contribution < 1.29 is 4.74 Å². The monoisotopic (exact) mass is 293 g/mol. The van der Waals surface area contributed by atoms with E-state index < -0.39 is 0 Å². The van der Waals surface area contributed by atoms with E-state index in [1.807, 2.05) is 0 Å². The molecule has 0 radical (unpaired) electrons. The largest absolute Gasteiger partial charge is 0.381 e. The van der Waals surface area contributed by atoms with Gasteiger partial charge in [0.1, 0.15) is 0 Å². The summed E-state index contributed by atoms with van der Waals surface area (Å²) in [5.74, 6) is 4.59. The summed E-state index contributed by atoms with van der Waals surface area (Å²) >= 11 is 0. The third-order valence-corrected chi connectivity index (χ3v) is 5.16. The maximum absolute atomic E-state index is 5.49. The number of aliphatic imine (C=N–C) groups is 1. The van der Waals surface area contributed by atoms with Crippen molar-refractivity contribution in [2.75, 3.05) is 39.9 Å². The van der Waals surface area contributed by atoms with Crippen LogP contribution in [0.25, 0.3) is 0 Å². The Morgan fingerprint density at radius 3 is 2.48 bits per heavy atom. The topological polar surface area (TPSA) is 36.9 Å². The van der Waals surface area contributed by atoms with E-state index in [-0.39, 0.29) is 0 Å². The molecule has 0 aromatic heterocycles. The van der Waals surface area contributed by atoms with Gasteiger partial charge in [0.05, 0.1) is 6.61 Å². The van der Waals surface area contributed by atoms with Crippen molar-refractivity contribution in [1.82, 2.24) is 10.2 Å². The minimum absolute atomic E-state index is 0.668. The van der Waals surface area contributed by atoms with Crippen LogP contribution in [0.2, 0.25) is 0 Å². The van der Waals surface area contributed by atoms with E-state index in [0.29, 0.717) is 5.92 Å². The third-order valence-electron chi connectivity index (χ3n) is 5.16. The summed E-state index contributed by atoms with van der Waals surface area (Å²) in [4.78, 5) is 7.27. The minimum Gasteiger partial charge on any atom is -0.381 e. The van der Waals surface area contributed by atoms with Crippen molar-refractivity contribution in [1.29, 1.82) is 0 Å². The van der Waals surface area contributed by atoms with Crippen molar-refractivity contribution in [3.63, 3.8) is 0 Å². The van der Waals surface area contributed by atoms with Gasteiger partial charge in [-0.1, -0.05) is 0 Å². The molecule has 3 fully saturated rings. The van der Waals surface area contributed by atoms with Crippen LogP contribution in [-0.2, 0) is 4.74 Å². The number of nitrogens with one attached hydrogen (secondary N) is 1. The van der Waals surface area contributed by atoms with Crippen LogP contribution in [0.3, 0.4) is 0 Å². The average Bonchev–Trinajstić information content (AvgIpc) is 3.40. The molecule has 0 spiro atoms. The summed E-state index contributed by atoms with van der Waals surface area (Å²) in [6.07, 6.45) is 6.98. The Labute approximate surface area is 129 Å². The van der Waals surface area contributed by atoms with E-state index in [9.17, 15) is 0 Å². The zero-order chi connectivity index (χ0) is 14.7. The Balaban J connectivity index is 1.54. The molecule has 3 aliphatic rings. The molecule has 0 amide bonds. The zero-order valence-electron chi connectivity index (χ0n) is 13.7. The fourth-order valence-corrected chi connectivity index (χ4v) is 3.59. The number of hydrogen-bond acceptors (Lipinski definition) is 2. The molecule has 2 aliphatic carbocycles. The third kappa shape index (κ3) is 4.35. The molecule has 4 nitrogen and oxygen atoms in total. The minimum atomic E-state index is 0.668. The SMILES string of the molecule is CCNC(=NCC(C1CC1)C1CC1)N(C)CC1CCOC1. The summed E-state index contributed by atoms with van der Waals surface area (Å²) in [5, 5.41) is 3.47. The summed E-state index contributed by atoms with van der Waals surface area (Å²) in [5.41, 5.74) is 0. The van der Waals surface area contributed by atoms with Crippen LogP contribution in [0.4, 0.5) is 0 Å². The van der Waals surface area contributed by atoms with Crippen molar-refractivity contribution in [3.05, 3.63) is 0 Å².